The van der Waals surface area contributed by atoms with Crippen LogP contribution in [-0.2, 0) is 10.3 Å². The van der Waals surface area contributed by atoms with Gasteiger partial charge in [0.1, 0.15) is 17.4 Å². The van der Waals surface area contributed by atoms with Crippen molar-refractivity contribution in [2.24, 2.45) is 0 Å². The van der Waals surface area contributed by atoms with E-state index in [1.807, 2.05) is 6.07 Å². The maximum atomic E-state index is 12.4. The Hall–Kier alpha value is -2.88. The average Bonchev–Trinajstić information content (AvgIpc) is 3.23. The lowest BCUT2D eigenvalue weighted by Crippen LogP contribution is -2.46. The van der Waals surface area contributed by atoms with Gasteiger partial charge in [-0.25, -0.2) is 0 Å². The zero-order chi connectivity index (χ0) is 17.0. The van der Waals surface area contributed by atoms with Crippen LogP contribution < -0.4 is 10.1 Å². The number of carbonyl (C=O) groups excluding carboxylic acids is 1. The summed E-state index contributed by atoms with van der Waals surface area (Å²) in [5.41, 5.74) is -0.192. The zero-order valence-electron chi connectivity index (χ0n) is 13.4. The molecule has 7 heteroatoms. The van der Waals surface area contributed by atoms with Crippen LogP contribution in [0, 0.1) is 18.3 Å². The lowest BCUT2D eigenvalue weighted by molar-refractivity contribution is -0.125. The third-order valence-electron chi connectivity index (χ3n) is 4.16. The number of benzene rings is 1. The standard InChI is InChI=1S/C17H18N4O3/c1-12-19-16(21-24-12)17(8-4-5-9-17)20-15(22)11-23-14-7-3-2-6-13(14)10-18/h2-3,6-7H,4-5,8-9,11H2,1H3,(H,20,22). The molecule has 0 aliphatic heterocycles. The largest absolute Gasteiger partial charge is 0.482 e. The maximum absolute atomic E-state index is 12.4. The number of ether oxygens (including phenoxy) is 1. The minimum atomic E-state index is -0.590. The topological polar surface area (TPSA) is 101 Å². The van der Waals surface area contributed by atoms with Crippen molar-refractivity contribution in [2.75, 3.05) is 6.61 Å². The molecule has 3 rings (SSSR count). The van der Waals surface area contributed by atoms with Gasteiger partial charge in [0, 0.05) is 6.92 Å². The fourth-order valence-corrected chi connectivity index (χ4v) is 3.01. The summed E-state index contributed by atoms with van der Waals surface area (Å²) in [5.74, 6) is 1.12. The first-order chi connectivity index (χ1) is 11.6. The second-order valence-electron chi connectivity index (χ2n) is 5.87. The lowest BCUT2D eigenvalue weighted by Gasteiger charge is -2.26. The second kappa shape index (κ2) is 6.71. The first-order valence-corrected chi connectivity index (χ1v) is 7.87. The van der Waals surface area contributed by atoms with Crippen LogP contribution in [0.1, 0.15) is 43.0 Å². The van der Waals surface area contributed by atoms with E-state index in [4.69, 9.17) is 14.5 Å². The van der Waals surface area contributed by atoms with Gasteiger partial charge in [0.25, 0.3) is 5.91 Å². The Morgan fingerprint density at radius 3 is 2.83 bits per heavy atom. The van der Waals surface area contributed by atoms with Crippen molar-refractivity contribution in [2.45, 2.75) is 38.1 Å². The highest BCUT2D eigenvalue weighted by Gasteiger charge is 2.41. The van der Waals surface area contributed by atoms with E-state index in [1.54, 1.807) is 31.2 Å². The summed E-state index contributed by atoms with van der Waals surface area (Å²) in [6.45, 7) is 1.56. The van der Waals surface area contributed by atoms with E-state index in [0.29, 0.717) is 23.0 Å². The van der Waals surface area contributed by atoms with E-state index in [2.05, 4.69) is 15.5 Å². The number of aryl methyl sites for hydroxylation is 1. The molecule has 0 spiro atoms. The van der Waals surface area contributed by atoms with Gasteiger partial charge < -0.3 is 14.6 Å². The number of nitrogens with one attached hydrogen (secondary N) is 1. The monoisotopic (exact) mass is 326 g/mol. The van der Waals surface area contributed by atoms with Crippen molar-refractivity contribution in [3.63, 3.8) is 0 Å². The zero-order valence-corrected chi connectivity index (χ0v) is 13.4. The molecule has 124 valence electrons. The summed E-state index contributed by atoms with van der Waals surface area (Å²) < 4.78 is 10.6. The van der Waals surface area contributed by atoms with Crippen LogP contribution in [0.5, 0.6) is 5.75 Å². The molecule has 1 saturated carbocycles. The molecular weight excluding hydrogens is 308 g/mol. The smallest absolute Gasteiger partial charge is 0.258 e. The molecule has 0 saturated heterocycles. The summed E-state index contributed by atoms with van der Waals surface area (Å²) in [7, 11) is 0. The Balaban J connectivity index is 1.68. The molecule has 2 aromatic rings. The van der Waals surface area contributed by atoms with E-state index in [9.17, 15) is 4.79 Å². The van der Waals surface area contributed by atoms with Crippen molar-refractivity contribution in [1.82, 2.24) is 15.5 Å². The molecule has 1 aromatic carbocycles. The highest BCUT2D eigenvalue weighted by atomic mass is 16.5. The summed E-state index contributed by atoms with van der Waals surface area (Å²) >= 11 is 0. The number of rotatable bonds is 5. The van der Waals surface area contributed by atoms with Gasteiger partial charge in [0.2, 0.25) is 5.89 Å². The van der Waals surface area contributed by atoms with Crippen LogP contribution in [0.25, 0.3) is 0 Å². The van der Waals surface area contributed by atoms with Crippen LogP contribution >= 0.6 is 0 Å². The Morgan fingerprint density at radius 2 is 2.17 bits per heavy atom. The van der Waals surface area contributed by atoms with Gasteiger partial charge >= 0.3 is 0 Å². The van der Waals surface area contributed by atoms with Gasteiger partial charge in [-0.1, -0.05) is 30.1 Å². The molecule has 0 atom stereocenters. The molecule has 1 heterocycles. The number of nitriles is 1. The molecule has 1 aromatic heterocycles. The van der Waals surface area contributed by atoms with Gasteiger partial charge in [-0.15, -0.1) is 0 Å². The van der Waals surface area contributed by atoms with Crippen LogP contribution in [0.2, 0.25) is 0 Å². The average molecular weight is 326 g/mol. The fourth-order valence-electron chi connectivity index (χ4n) is 3.01. The SMILES string of the molecule is Cc1nc(C2(NC(=O)COc3ccccc3C#N)CCCC2)no1. The first kappa shape index (κ1) is 16.0. The van der Waals surface area contributed by atoms with Crippen LogP contribution in [0.15, 0.2) is 28.8 Å². The normalized spacial score (nSPS) is 15.7. The number of hydrogen-bond donors (Lipinski definition) is 1. The Labute approximate surface area is 139 Å². The predicted molar refractivity (Wildman–Crippen MR) is 84.0 cm³/mol. The summed E-state index contributed by atoms with van der Waals surface area (Å²) in [4.78, 5) is 16.6. The minimum absolute atomic E-state index is 0.169. The molecule has 1 aliphatic rings. The van der Waals surface area contributed by atoms with Crippen molar-refractivity contribution < 1.29 is 14.1 Å². The summed E-state index contributed by atoms with van der Waals surface area (Å²) in [5, 5.41) is 16.0. The highest BCUT2D eigenvalue weighted by Crippen LogP contribution is 2.37. The van der Waals surface area contributed by atoms with Gasteiger partial charge in [0.15, 0.2) is 12.4 Å². The van der Waals surface area contributed by atoms with E-state index >= 15 is 0 Å². The van der Waals surface area contributed by atoms with Crippen LogP contribution in [0.3, 0.4) is 0 Å². The molecule has 1 aliphatic carbocycles. The molecule has 1 amide bonds. The highest BCUT2D eigenvalue weighted by molar-refractivity contribution is 5.78. The predicted octanol–water partition coefficient (Wildman–Crippen LogP) is 2.21. The third-order valence-corrected chi connectivity index (χ3v) is 4.16. The number of nitrogens with zero attached hydrogens (tertiary/aromatic N) is 3. The molecule has 1 fully saturated rings. The number of carbonyl (C=O) groups is 1. The Morgan fingerprint density at radius 1 is 1.42 bits per heavy atom. The number of aromatic nitrogens is 2. The molecule has 0 radical (unpaired) electrons. The van der Waals surface area contributed by atoms with Gasteiger partial charge in [-0.2, -0.15) is 10.2 Å². The van der Waals surface area contributed by atoms with E-state index < -0.39 is 5.54 Å². The van der Waals surface area contributed by atoms with Crippen molar-refractivity contribution in [3.05, 3.63) is 41.5 Å². The van der Waals surface area contributed by atoms with Crippen molar-refractivity contribution >= 4 is 5.91 Å². The second-order valence-corrected chi connectivity index (χ2v) is 5.87. The molecule has 24 heavy (non-hydrogen) atoms. The number of amides is 1. The van der Waals surface area contributed by atoms with Crippen molar-refractivity contribution in [3.8, 4) is 11.8 Å². The van der Waals surface area contributed by atoms with E-state index in [1.165, 1.54) is 0 Å². The summed E-state index contributed by atoms with van der Waals surface area (Å²) in [6.07, 6.45) is 3.52. The molecule has 0 bridgehead atoms. The number of hydrogen-bond acceptors (Lipinski definition) is 6. The first-order valence-electron chi connectivity index (χ1n) is 7.87. The van der Waals surface area contributed by atoms with Crippen LogP contribution in [0.4, 0.5) is 0 Å². The van der Waals surface area contributed by atoms with Gasteiger partial charge in [-0.05, 0) is 25.0 Å². The molecule has 7 nitrogen and oxygen atoms in total. The quantitative estimate of drug-likeness (QED) is 0.904. The number of para-hydroxylation sites is 1. The van der Waals surface area contributed by atoms with E-state index in [0.717, 1.165) is 25.7 Å². The Bertz CT molecular complexity index is 772. The lowest BCUT2D eigenvalue weighted by atomic mass is 9.96. The maximum Gasteiger partial charge on any atom is 0.258 e. The minimum Gasteiger partial charge on any atom is -0.482 e. The van der Waals surface area contributed by atoms with Gasteiger partial charge in [0.05, 0.1) is 5.56 Å². The van der Waals surface area contributed by atoms with E-state index in [-0.39, 0.29) is 12.5 Å². The van der Waals surface area contributed by atoms with Crippen LogP contribution in [-0.4, -0.2) is 22.7 Å². The van der Waals surface area contributed by atoms with Crippen molar-refractivity contribution in [1.29, 1.82) is 5.26 Å². The fraction of sp³-hybridized carbons (Fsp3) is 0.412. The molecule has 1 N–H and O–H groups in total. The van der Waals surface area contributed by atoms with Gasteiger partial charge in [-0.3, -0.25) is 4.79 Å². The molecular formula is C17H18N4O3. The molecule has 0 unspecified atom stereocenters. The Kier molecular flexibility index (Phi) is 4.47. The third kappa shape index (κ3) is 3.23. The summed E-state index contributed by atoms with van der Waals surface area (Å²) in [6, 6.07) is 8.86.